The first-order valence-corrected chi connectivity index (χ1v) is 4.82. The highest BCUT2D eigenvalue weighted by atomic mass is 79.9. The molecule has 0 saturated heterocycles. The van der Waals surface area contributed by atoms with Gasteiger partial charge in [-0.1, -0.05) is 6.07 Å². The average molecular weight is 242 g/mol. The Morgan fingerprint density at radius 3 is 2.85 bits per heavy atom. The van der Waals surface area contributed by atoms with E-state index in [-0.39, 0.29) is 11.8 Å². The van der Waals surface area contributed by atoms with Gasteiger partial charge >= 0.3 is 5.97 Å². The van der Waals surface area contributed by atoms with Crippen LogP contribution < -0.4 is 0 Å². The third kappa shape index (κ3) is 1.72. The van der Waals surface area contributed by atoms with Crippen LogP contribution in [0.15, 0.2) is 22.9 Å². The highest BCUT2D eigenvalue weighted by Gasteiger charge is 2.44. The van der Waals surface area contributed by atoms with Gasteiger partial charge in [0.1, 0.15) is 4.60 Å². The third-order valence-electron chi connectivity index (χ3n) is 2.29. The standard InChI is InChI=1S/C9H8BrNO2/c10-8-2-1-5(4-11-8)6-3-7(6)9(12)13/h1-2,4,6-7H,3H2,(H,12,13)/t6-,7-/m0/s1. The van der Waals surface area contributed by atoms with Crippen molar-refractivity contribution < 1.29 is 9.90 Å². The molecule has 1 heterocycles. The normalized spacial score (nSPS) is 25.6. The van der Waals surface area contributed by atoms with Crippen LogP contribution >= 0.6 is 15.9 Å². The smallest absolute Gasteiger partial charge is 0.307 e. The molecule has 1 aromatic heterocycles. The molecule has 0 aromatic carbocycles. The van der Waals surface area contributed by atoms with E-state index in [1.54, 1.807) is 6.20 Å². The summed E-state index contributed by atoms with van der Waals surface area (Å²) in [6.07, 6.45) is 2.48. The highest BCUT2D eigenvalue weighted by Crippen LogP contribution is 2.47. The first kappa shape index (κ1) is 8.69. The Labute approximate surface area is 83.9 Å². The second-order valence-electron chi connectivity index (χ2n) is 3.20. The topological polar surface area (TPSA) is 50.2 Å². The number of pyridine rings is 1. The SMILES string of the molecule is O=C(O)[C@H]1C[C@H]1c1ccc(Br)nc1. The minimum atomic E-state index is -0.701. The molecule has 13 heavy (non-hydrogen) atoms. The number of carbonyl (C=O) groups is 1. The average Bonchev–Trinajstić information content (AvgIpc) is 2.85. The van der Waals surface area contributed by atoms with E-state index in [0.717, 1.165) is 16.6 Å². The van der Waals surface area contributed by atoms with Crippen LogP contribution in [0, 0.1) is 5.92 Å². The Morgan fingerprint density at radius 1 is 1.62 bits per heavy atom. The van der Waals surface area contributed by atoms with Crippen LogP contribution in [0.3, 0.4) is 0 Å². The molecule has 4 heteroatoms. The minimum Gasteiger partial charge on any atom is -0.481 e. The van der Waals surface area contributed by atoms with Gasteiger partial charge in [0, 0.05) is 6.20 Å². The van der Waals surface area contributed by atoms with Gasteiger partial charge in [-0.3, -0.25) is 4.79 Å². The monoisotopic (exact) mass is 241 g/mol. The van der Waals surface area contributed by atoms with E-state index in [1.807, 2.05) is 12.1 Å². The predicted octanol–water partition coefficient (Wildman–Crippen LogP) is 2.03. The van der Waals surface area contributed by atoms with Gasteiger partial charge in [0.15, 0.2) is 0 Å². The van der Waals surface area contributed by atoms with Crippen LogP contribution in [0.4, 0.5) is 0 Å². The summed E-state index contributed by atoms with van der Waals surface area (Å²) in [5, 5.41) is 8.71. The molecule has 1 N–H and O–H groups in total. The molecule has 1 aliphatic carbocycles. The van der Waals surface area contributed by atoms with E-state index in [1.165, 1.54) is 0 Å². The Morgan fingerprint density at radius 2 is 2.38 bits per heavy atom. The van der Waals surface area contributed by atoms with Gasteiger partial charge < -0.3 is 5.11 Å². The summed E-state index contributed by atoms with van der Waals surface area (Å²) in [6, 6.07) is 3.76. The maximum atomic E-state index is 10.6. The van der Waals surface area contributed by atoms with E-state index < -0.39 is 5.97 Å². The second kappa shape index (κ2) is 3.10. The lowest BCUT2D eigenvalue weighted by Crippen LogP contribution is -1.98. The van der Waals surface area contributed by atoms with Crippen LogP contribution in [0.5, 0.6) is 0 Å². The van der Waals surface area contributed by atoms with Gasteiger partial charge in [0.2, 0.25) is 0 Å². The van der Waals surface area contributed by atoms with E-state index >= 15 is 0 Å². The number of hydrogen-bond acceptors (Lipinski definition) is 2. The number of carboxylic acid groups (broad SMARTS) is 1. The number of nitrogens with zero attached hydrogens (tertiary/aromatic N) is 1. The molecule has 0 radical (unpaired) electrons. The number of rotatable bonds is 2. The van der Waals surface area contributed by atoms with Crippen molar-refractivity contribution in [3.63, 3.8) is 0 Å². The largest absolute Gasteiger partial charge is 0.481 e. The van der Waals surface area contributed by atoms with Gasteiger partial charge in [-0.25, -0.2) is 4.98 Å². The molecule has 68 valence electrons. The zero-order valence-corrected chi connectivity index (χ0v) is 8.36. The molecule has 0 amide bonds. The Kier molecular flexibility index (Phi) is 2.07. The summed E-state index contributed by atoms with van der Waals surface area (Å²) in [6.45, 7) is 0. The van der Waals surface area contributed by atoms with Crippen molar-refractivity contribution in [1.82, 2.24) is 4.98 Å². The molecule has 2 atom stereocenters. The van der Waals surface area contributed by atoms with Gasteiger partial charge in [0.25, 0.3) is 0 Å². The van der Waals surface area contributed by atoms with E-state index in [9.17, 15) is 4.79 Å². The number of hydrogen-bond donors (Lipinski definition) is 1. The van der Waals surface area contributed by atoms with Gasteiger partial charge in [0.05, 0.1) is 5.92 Å². The van der Waals surface area contributed by atoms with Crippen molar-refractivity contribution >= 4 is 21.9 Å². The highest BCUT2D eigenvalue weighted by molar-refractivity contribution is 9.10. The van der Waals surface area contributed by atoms with Crippen LogP contribution in [0.25, 0.3) is 0 Å². The van der Waals surface area contributed by atoms with E-state index in [0.29, 0.717) is 0 Å². The summed E-state index contributed by atoms with van der Waals surface area (Å²) < 4.78 is 0.781. The summed E-state index contributed by atoms with van der Waals surface area (Å²) in [7, 11) is 0. The fraction of sp³-hybridized carbons (Fsp3) is 0.333. The van der Waals surface area contributed by atoms with Crippen molar-refractivity contribution in [2.45, 2.75) is 12.3 Å². The van der Waals surface area contributed by atoms with Crippen molar-refractivity contribution in [1.29, 1.82) is 0 Å². The van der Waals surface area contributed by atoms with Crippen molar-refractivity contribution in [2.24, 2.45) is 5.92 Å². The lowest BCUT2D eigenvalue weighted by Gasteiger charge is -1.96. The Hall–Kier alpha value is -0.900. The summed E-state index contributed by atoms with van der Waals surface area (Å²) in [5.41, 5.74) is 1.02. The third-order valence-corrected chi connectivity index (χ3v) is 2.76. The van der Waals surface area contributed by atoms with Gasteiger partial charge in [-0.2, -0.15) is 0 Å². The van der Waals surface area contributed by atoms with Crippen molar-refractivity contribution in [2.75, 3.05) is 0 Å². The molecule has 0 spiro atoms. The molecule has 2 rings (SSSR count). The molecule has 1 fully saturated rings. The zero-order chi connectivity index (χ0) is 9.42. The lowest BCUT2D eigenvalue weighted by atomic mass is 10.1. The quantitative estimate of drug-likeness (QED) is 0.807. The lowest BCUT2D eigenvalue weighted by molar-refractivity contribution is -0.138. The Balaban J connectivity index is 2.12. The minimum absolute atomic E-state index is 0.179. The van der Waals surface area contributed by atoms with Gasteiger partial charge in [-0.15, -0.1) is 0 Å². The molecule has 0 bridgehead atoms. The molecule has 1 saturated carbocycles. The molecular formula is C9H8BrNO2. The van der Waals surface area contributed by atoms with Crippen LogP contribution in [0.2, 0.25) is 0 Å². The maximum absolute atomic E-state index is 10.6. The van der Waals surface area contributed by atoms with Crippen molar-refractivity contribution in [3.8, 4) is 0 Å². The Bertz CT molecular complexity index is 336. The van der Waals surface area contributed by atoms with Crippen LogP contribution in [-0.4, -0.2) is 16.1 Å². The fourth-order valence-corrected chi connectivity index (χ4v) is 1.68. The molecule has 1 aliphatic rings. The predicted molar refractivity (Wildman–Crippen MR) is 50.4 cm³/mol. The zero-order valence-electron chi connectivity index (χ0n) is 6.77. The number of aliphatic carboxylic acids is 1. The number of carboxylic acids is 1. The molecule has 1 aromatic rings. The fourth-order valence-electron chi connectivity index (χ4n) is 1.44. The number of aromatic nitrogens is 1. The molecule has 3 nitrogen and oxygen atoms in total. The molecule has 0 aliphatic heterocycles. The van der Waals surface area contributed by atoms with Crippen LogP contribution in [-0.2, 0) is 4.79 Å². The van der Waals surface area contributed by atoms with Crippen molar-refractivity contribution in [3.05, 3.63) is 28.5 Å². The van der Waals surface area contributed by atoms with Gasteiger partial charge in [-0.05, 0) is 39.9 Å². The van der Waals surface area contributed by atoms with E-state index in [4.69, 9.17) is 5.11 Å². The summed E-state index contributed by atoms with van der Waals surface area (Å²) in [5.74, 6) is -0.714. The summed E-state index contributed by atoms with van der Waals surface area (Å²) in [4.78, 5) is 14.6. The summed E-state index contributed by atoms with van der Waals surface area (Å²) >= 11 is 3.23. The first-order valence-electron chi connectivity index (χ1n) is 4.03. The van der Waals surface area contributed by atoms with Crippen LogP contribution in [0.1, 0.15) is 17.9 Å². The van der Waals surface area contributed by atoms with E-state index in [2.05, 4.69) is 20.9 Å². The second-order valence-corrected chi connectivity index (χ2v) is 4.01. The number of halogens is 1. The first-order chi connectivity index (χ1) is 6.18. The maximum Gasteiger partial charge on any atom is 0.307 e. The molecular weight excluding hydrogens is 234 g/mol. The molecule has 0 unspecified atom stereocenters.